The Bertz CT molecular complexity index is 1530. The number of nitrogens with zero attached hydrogens (tertiary/aromatic N) is 4. The van der Waals surface area contributed by atoms with Crippen LogP contribution in [0.5, 0.6) is 0 Å². The van der Waals surface area contributed by atoms with Gasteiger partial charge in [-0.2, -0.15) is 0 Å². The van der Waals surface area contributed by atoms with Crippen molar-refractivity contribution in [2.24, 2.45) is 0 Å². The van der Waals surface area contributed by atoms with E-state index in [1.807, 2.05) is 59.2 Å². The number of hydrogen-bond acceptors (Lipinski definition) is 6. The number of fused-ring (bicyclic) bond motifs is 1. The normalized spacial score (nSPS) is 11.1. The lowest BCUT2D eigenvalue weighted by atomic mass is 10.3. The fourth-order valence-electron chi connectivity index (χ4n) is 3.52. The molecule has 0 aliphatic rings. The average molecular weight is 492 g/mol. The monoisotopic (exact) mass is 491 g/mol. The molecule has 170 valence electrons. The van der Waals surface area contributed by atoms with Crippen LogP contribution in [0.25, 0.3) is 15.9 Å². The molecule has 0 fully saturated rings. The van der Waals surface area contributed by atoms with Crippen molar-refractivity contribution in [1.29, 1.82) is 0 Å². The van der Waals surface area contributed by atoms with E-state index in [4.69, 9.17) is 0 Å². The first-order valence-corrected chi connectivity index (χ1v) is 12.2. The summed E-state index contributed by atoms with van der Waals surface area (Å²) in [5.41, 5.74) is 1.77. The molecule has 1 N–H and O–H groups in total. The molecular weight excluding hydrogens is 473 g/mol. The number of para-hydroxylation sites is 3. The molecule has 2 heterocycles. The number of carbonyl (C=O) groups is 1. The predicted octanol–water partition coefficient (Wildman–Crippen LogP) is 4.56. The molecular formula is C24H18FN5O2S2. The highest BCUT2D eigenvalue weighted by Crippen LogP contribution is 2.24. The fourth-order valence-corrected chi connectivity index (χ4v) is 5.18. The molecule has 34 heavy (non-hydrogen) atoms. The predicted molar refractivity (Wildman–Crippen MR) is 132 cm³/mol. The van der Waals surface area contributed by atoms with Gasteiger partial charge in [0.15, 0.2) is 11.0 Å². The zero-order valence-corrected chi connectivity index (χ0v) is 19.4. The lowest BCUT2D eigenvalue weighted by molar-refractivity contribution is -0.113. The van der Waals surface area contributed by atoms with Gasteiger partial charge in [0.05, 0.1) is 28.2 Å². The minimum absolute atomic E-state index is 0.0145. The molecule has 0 radical (unpaired) electrons. The van der Waals surface area contributed by atoms with Gasteiger partial charge in [-0.15, -0.1) is 10.2 Å². The van der Waals surface area contributed by atoms with Crippen molar-refractivity contribution in [3.8, 4) is 5.69 Å². The molecule has 0 spiro atoms. The number of benzene rings is 3. The molecule has 0 atom stereocenters. The Hall–Kier alpha value is -3.76. The van der Waals surface area contributed by atoms with Crippen molar-refractivity contribution in [3.63, 3.8) is 0 Å². The lowest BCUT2D eigenvalue weighted by Crippen LogP contribution is -2.17. The molecule has 5 aromatic rings. The SMILES string of the molecule is O=C(CSc1nnc(Cn2c(=O)sc3ccccc32)n1-c1ccccc1)Nc1ccccc1F. The number of halogens is 1. The Labute approximate surface area is 201 Å². The van der Waals surface area contributed by atoms with E-state index >= 15 is 0 Å². The summed E-state index contributed by atoms with van der Waals surface area (Å²) in [5, 5.41) is 11.7. The van der Waals surface area contributed by atoms with Crippen LogP contribution in [0.3, 0.4) is 0 Å². The average Bonchev–Trinajstić information content (AvgIpc) is 3.40. The number of carbonyl (C=O) groups excluding carboxylic acids is 1. The zero-order valence-electron chi connectivity index (χ0n) is 17.7. The number of thioether (sulfide) groups is 1. The molecule has 7 nitrogen and oxygen atoms in total. The van der Waals surface area contributed by atoms with E-state index in [1.165, 1.54) is 35.2 Å². The van der Waals surface area contributed by atoms with Gasteiger partial charge in [0.2, 0.25) is 5.91 Å². The van der Waals surface area contributed by atoms with E-state index < -0.39 is 5.82 Å². The standard InChI is InChI=1S/C24H18FN5O2S2/c25-17-10-4-5-11-18(17)26-22(31)15-33-23-28-27-21(30(23)16-8-2-1-3-9-16)14-29-19-12-6-7-13-20(19)34-24(29)32/h1-13H,14-15H2,(H,26,31). The number of anilines is 1. The molecule has 0 saturated heterocycles. The summed E-state index contributed by atoms with van der Waals surface area (Å²) in [4.78, 5) is 25.0. The van der Waals surface area contributed by atoms with Crippen molar-refractivity contribution >= 4 is 44.9 Å². The molecule has 0 bridgehead atoms. The Morgan fingerprint density at radius 3 is 2.53 bits per heavy atom. The van der Waals surface area contributed by atoms with Crippen LogP contribution in [0.4, 0.5) is 10.1 Å². The smallest absolute Gasteiger partial charge is 0.308 e. The lowest BCUT2D eigenvalue weighted by Gasteiger charge is -2.11. The van der Waals surface area contributed by atoms with Gasteiger partial charge in [-0.25, -0.2) is 4.39 Å². The van der Waals surface area contributed by atoms with Crippen LogP contribution in [0.2, 0.25) is 0 Å². The van der Waals surface area contributed by atoms with Crippen LogP contribution in [0.15, 0.2) is 88.8 Å². The number of hydrogen-bond donors (Lipinski definition) is 1. The summed E-state index contributed by atoms with van der Waals surface area (Å²) in [6.07, 6.45) is 0. The highest BCUT2D eigenvalue weighted by Gasteiger charge is 2.18. The van der Waals surface area contributed by atoms with Crippen LogP contribution in [0.1, 0.15) is 5.82 Å². The highest BCUT2D eigenvalue weighted by atomic mass is 32.2. The van der Waals surface area contributed by atoms with E-state index in [0.717, 1.165) is 15.9 Å². The highest BCUT2D eigenvalue weighted by molar-refractivity contribution is 7.99. The Balaban J connectivity index is 1.43. The molecule has 10 heteroatoms. The van der Waals surface area contributed by atoms with Gasteiger partial charge in [-0.3, -0.25) is 18.7 Å². The van der Waals surface area contributed by atoms with Crippen molar-refractivity contribution in [2.75, 3.05) is 11.1 Å². The van der Waals surface area contributed by atoms with E-state index in [-0.39, 0.29) is 28.8 Å². The topological polar surface area (TPSA) is 81.8 Å². The van der Waals surface area contributed by atoms with Crippen LogP contribution in [-0.2, 0) is 11.3 Å². The minimum atomic E-state index is -0.496. The van der Waals surface area contributed by atoms with Crippen molar-refractivity contribution in [3.05, 3.63) is 100 Å². The van der Waals surface area contributed by atoms with E-state index in [9.17, 15) is 14.0 Å². The van der Waals surface area contributed by atoms with Crippen LogP contribution in [0, 0.1) is 5.82 Å². The first-order valence-electron chi connectivity index (χ1n) is 10.4. The van der Waals surface area contributed by atoms with Gasteiger partial charge in [0.25, 0.3) is 0 Å². The van der Waals surface area contributed by atoms with Gasteiger partial charge in [-0.05, 0) is 36.4 Å². The number of thiazole rings is 1. The first-order chi connectivity index (χ1) is 16.6. The Morgan fingerprint density at radius 2 is 1.71 bits per heavy atom. The maximum Gasteiger partial charge on any atom is 0.308 e. The molecule has 0 aliphatic carbocycles. The summed E-state index contributed by atoms with van der Waals surface area (Å²) in [6.45, 7) is 0.229. The quantitative estimate of drug-likeness (QED) is 0.338. The second-order valence-corrected chi connectivity index (χ2v) is 9.24. The summed E-state index contributed by atoms with van der Waals surface area (Å²) in [5.74, 6) is -0.280. The Kier molecular flexibility index (Phi) is 6.24. The molecule has 5 rings (SSSR count). The van der Waals surface area contributed by atoms with E-state index in [2.05, 4.69) is 15.5 Å². The third-order valence-corrected chi connectivity index (χ3v) is 6.96. The summed E-state index contributed by atoms with van der Waals surface area (Å²) >= 11 is 2.37. The summed E-state index contributed by atoms with van der Waals surface area (Å²) in [7, 11) is 0. The minimum Gasteiger partial charge on any atom is -0.323 e. The van der Waals surface area contributed by atoms with E-state index in [0.29, 0.717) is 11.0 Å². The molecule has 0 saturated carbocycles. The molecule has 3 aromatic carbocycles. The number of rotatable bonds is 7. The van der Waals surface area contributed by atoms with Gasteiger partial charge < -0.3 is 5.32 Å². The van der Waals surface area contributed by atoms with Gasteiger partial charge in [0, 0.05) is 5.69 Å². The second kappa shape index (κ2) is 9.62. The summed E-state index contributed by atoms with van der Waals surface area (Å²) in [6, 6.07) is 23.1. The summed E-state index contributed by atoms with van der Waals surface area (Å²) < 4.78 is 18.3. The maximum atomic E-state index is 13.9. The first kappa shape index (κ1) is 22.1. The largest absolute Gasteiger partial charge is 0.323 e. The number of aromatic nitrogens is 4. The third-order valence-electron chi connectivity index (χ3n) is 5.07. The van der Waals surface area contributed by atoms with Crippen LogP contribution >= 0.6 is 23.1 Å². The van der Waals surface area contributed by atoms with Crippen molar-refractivity contribution in [2.45, 2.75) is 11.7 Å². The zero-order chi connectivity index (χ0) is 23.5. The van der Waals surface area contributed by atoms with Gasteiger partial charge in [0.1, 0.15) is 5.82 Å². The van der Waals surface area contributed by atoms with Gasteiger partial charge in [-0.1, -0.05) is 65.6 Å². The van der Waals surface area contributed by atoms with Gasteiger partial charge >= 0.3 is 4.87 Å². The third kappa shape index (κ3) is 4.50. The van der Waals surface area contributed by atoms with Crippen molar-refractivity contribution in [1.82, 2.24) is 19.3 Å². The van der Waals surface area contributed by atoms with Crippen LogP contribution in [-0.4, -0.2) is 31.0 Å². The van der Waals surface area contributed by atoms with E-state index in [1.54, 1.807) is 16.7 Å². The Morgan fingerprint density at radius 1 is 0.971 bits per heavy atom. The number of amides is 1. The second-order valence-electron chi connectivity index (χ2n) is 7.31. The maximum absolute atomic E-state index is 13.9. The number of nitrogens with one attached hydrogen (secondary N) is 1. The molecule has 1 amide bonds. The fraction of sp³-hybridized carbons (Fsp3) is 0.0833. The molecule has 0 unspecified atom stereocenters. The van der Waals surface area contributed by atoms with Crippen molar-refractivity contribution < 1.29 is 9.18 Å². The molecule has 0 aliphatic heterocycles. The molecule has 2 aromatic heterocycles. The van der Waals surface area contributed by atoms with Crippen LogP contribution < -0.4 is 10.2 Å².